The average Bonchev–Trinajstić information content (AvgIpc) is 3.20. The largest absolute Gasteiger partial charge is 0.375 e. The first kappa shape index (κ1) is 24.6. The fourth-order valence-corrected chi connectivity index (χ4v) is 3.79. The molecule has 0 aliphatic carbocycles. The van der Waals surface area contributed by atoms with Crippen molar-refractivity contribution < 1.29 is 4.74 Å². The third-order valence-electron chi connectivity index (χ3n) is 4.50. The molecule has 1 aliphatic rings. The lowest BCUT2D eigenvalue weighted by Gasteiger charge is -2.32. The van der Waals surface area contributed by atoms with E-state index in [1.165, 1.54) is 0 Å². The number of aromatic nitrogens is 2. The second-order valence-electron chi connectivity index (χ2n) is 7.21. The number of thiazole rings is 1. The number of hydrogen-bond acceptors (Lipinski definition) is 7. The van der Waals surface area contributed by atoms with Gasteiger partial charge in [-0.3, -0.25) is 0 Å². The molecule has 0 bridgehead atoms. The smallest absolute Gasteiger partial charge is 0.191 e. The molecule has 0 amide bonds. The molecule has 1 aliphatic heterocycles. The zero-order valence-electron chi connectivity index (χ0n) is 18.1. The first-order valence-electron chi connectivity index (χ1n) is 10.0. The molecule has 2 N–H and O–H groups in total. The van der Waals surface area contributed by atoms with Crippen molar-refractivity contribution >= 4 is 52.2 Å². The fourth-order valence-electron chi connectivity index (χ4n) is 3.03. The van der Waals surface area contributed by atoms with Gasteiger partial charge in [-0.05, 0) is 31.5 Å². The van der Waals surface area contributed by atoms with Gasteiger partial charge >= 0.3 is 0 Å². The Morgan fingerprint density at radius 2 is 2.23 bits per heavy atom. The number of anilines is 2. The molecule has 3 rings (SSSR count). The molecule has 30 heavy (non-hydrogen) atoms. The Morgan fingerprint density at radius 3 is 2.93 bits per heavy atom. The van der Waals surface area contributed by atoms with E-state index in [1.54, 1.807) is 11.3 Å². The molecule has 8 nitrogen and oxygen atoms in total. The van der Waals surface area contributed by atoms with Crippen LogP contribution in [0.25, 0.3) is 0 Å². The number of nitrogens with one attached hydrogen (secondary N) is 2. The summed E-state index contributed by atoms with van der Waals surface area (Å²) in [5.74, 6) is 1.77. The molecule has 10 heteroatoms. The van der Waals surface area contributed by atoms with Crippen molar-refractivity contribution in [1.82, 2.24) is 20.6 Å². The normalized spacial score (nSPS) is 16.7. The molecule has 1 saturated heterocycles. The maximum atomic E-state index is 5.63. The van der Waals surface area contributed by atoms with E-state index in [9.17, 15) is 0 Å². The number of ether oxygens (including phenoxy) is 1. The molecule has 0 aromatic carbocycles. The third kappa shape index (κ3) is 7.24. The Balaban J connectivity index is 0.00000320. The average molecular weight is 545 g/mol. The van der Waals surface area contributed by atoms with E-state index in [4.69, 9.17) is 9.73 Å². The lowest BCUT2D eigenvalue weighted by atomic mass is 10.2. The summed E-state index contributed by atoms with van der Waals surface area (Å²) in [5.41, 5.74) is 2.15. The number of halogens is 1. The molecule has 0 spiro atoms. The van der Waals surface area contributed by atoms with E-state index in [0.717, 1.165) is 54.4 Å². The van der Waals surface area contributed by atoms with Crippen LogP contribution in [0, 0.1) is 0 Å². The highest BCUT2D eigenvalue weighted by molar-refractivity contribution is 14.0. The van der Waals surface area contributed by atoms with Crippen molar-refractivity contribution in [2.75, 3.05) is 50.1 Å². The second-order valence-corrected chi connectivity index (χ2v) is 8.05. The van der Waals surface area contributed by atoms with Crippen LogP contribution in [-0.2, 0) is 17.8 Å². The number of guanidine groups is 1. The maximum absolute atomic E-state index is 5.63. The van der Waals surface area contributed by atoms with Gasteiger partial charge in [0.25, 0.3) is 0 Å². The van der Waals surface area contributed by atoms with Crippen molar-refractivity contribution in [3.8, 4) is 0 Å². The van der Waals surface area contributed by atoms with Crippen LogP contribution in [0.4, 0.5) is 10.9 Å². The summed E-state index contributed by atoms with van der Waals surface area (Å²) in [5, 5.41) is 9.74. The van der Waals surface area contributed by atoms with Gasteiger partial charge in [0, 0.05) is 45.3 Å². The Kier molecular flexibility index (Phi) is 10.1. The molecule has 0 radical (unpaired) electrons. The molecule has 0 saturated carbocycles. The number of aliphatic imine (C=N–C) groups is 1. The molecule has 1 atom stereocenters. The summed E-state index contributed by atoms with van der Waals surface area (Å²) in [6, 6.07) is 4.14. The molecular weight excluding hydrogens is 513 g/mol. The summed E-state index contributed by atoms with van der Waals surface area (Å²) in [4.78, 5) is 18.2. The molecule has 2 aromatic rings. The summed E-state index contributed by atoms with van der Waals surface area (Å²) in [6.07, 6.45) is 2.09. The van der Waals surface area contributed by atoms with Crippen LogP contribution in [-0.4, -0.2) is 62.4 Å². The van der Waals surface area contributed by atoms with Crippen LogP contribution < -0.4 is 20.4 Å². The summed E-state index contributed by atoms with van der Waals surface area (Å²) >= 11 is 1.64. The van der Waals surface area contributed by atoms with Crippen LogP contribution in [0.1, 0.15) is 25.1 Å². The molecule has 166 valence electrons. The van der Waals surface area contributed by atoms with E-state index in [1.807, 2.05) is 31.3 Å². The van der Waals surface area contributed by atoms with Crippen molar-refractivity contribution in [1.29, 1.82) is 0 Å². The van der Waals surface area contributed by atoms with Gasteiger partial charge in [0.1, 0.15) is 5.82 Å². The Bertz CT molecular complexity index is 814. The maximum Gasteiger partial charge on any atom is 0.191 e. The van der Waals surface area contributed by atoms with Gasteiger partial charge in [0.2, 0.25) is 0 Å². The minimum Gasteiger partial charge on any atom is -0.375 e. The van der Waals surface area contributed by atoms with Gasteiger partial charge in [-0.1, -0.05) is 0 Å². The molecule has 1 fully saturated rings. The molecule has 2 aromatic heterocycles. The monoisotopic (exact) mass is 545 g/mol. The SMILES string of the molecule is CCNC(=NCc1ccnc(N2CCOC(C)C2)c1)NCc1csc(N(C)C)n1.I. The predicted molar refractivity (Wildman–Crippen MR) is 135 cm³/mol. The van der Waals surface area contributed by atoms with Crippen molar-refractivity contribution in [3.63, 3.8) is 0 Å². The van der Waals surface area contributed by atoms with Crippen LogP contribution >= 0.6 is 35.3 Å². The summed E-state index contributed by atoms with van der Waals surface area (Å²) in [7, 11) is 4.00. The van der Waals surface area contributed by atoms with E-state index in [-0.39, 0.29) is 30.1 Å². The lowest BCUT2D eigenvalue weighted by Crippen LogP contribution is -2.41. The van der Waals surface area contributed by atoms with E-state index in [2.05, 4.69) is 50.8 Å². The van der Waals surface area contributed by atoms with E-state index in [0.29, 0.717) is 13.1 Å². The molecule has 3 heterocycles. The zero-order valence-corrected chi connectivity index (χ0v) is 21.2. The van der Waals surface area contributed by atoms with Gasteiger partial charge < -0.3 is 25.2 Å². The minimum atomic E-state index is 0. The first-order chi connectivity index (χ1) is 14.0. The molecule has 1 unspecified atom stereocenters. The highest BCUT2D eigenvalue weighted by atomic mass is 127. The standard InChI is InChI=1S/C20H31N7OS.HI/c1-5-21-19(24-12-17-14-29-20(25-17)26(3)4)23-11-16-6-7-22-18(10-16)27-8-9-28-15(2)13-27;/h6-7,10,14-15H,5,8-9,11-13H2,1-4H3,(H2,21,23,24);1H. The zero-order chi connectivity index (χ0) is 20.6. The van der Waals surface area contributed by atoms with E-state index < -0.39 is 0 Å². The third-order valence-corrected chi connectivity index (χ3v) is 5.56. The Labute approximate surface area is 200 Å². The summed E-state index contributed by atoms with van der Waals surface area (Å²) < 4.78 is 5.63. The van der Waals surface area contributed by atoms with Gasteiger partial charge in [0.15, 0.2) is 11.1 Å². The number of rotatable bonds is 7. The van der Waals surface area contributed by atoms with E-state index >= 15 is 0 Å². The van der Waals surface area contributed by atoms with Crippen molar-refractivity contribution in [2.45, 2.75) is 33.0 Å². The second kappa shape index (κ2) is 12.3. The van der Waals surface area contributed by atoms with Gasteiger partial charge in [-0.25, -0.2) is 15.0 Å². The van der Waals surface area contributed by atoms with Crippen LogP contribution in [0.3, 0.4) is 0 Å². The van der Waals surface area contributed by atoms with Gasteiger partial charge in [-0.2, -0.15) is 0 Å². The highest BCUT2D eigenvalue weighted by Crippen LogP contribution is 2.18. The topological polar surface area (TPSA) is 77.9 Å². The number of nitrogens with zero attached hydrogens (tertiary/aromatic N) is 5. The highest BCUT2D eigenvalue weighted by Gasteiger charge is 2.18. The van der Waals surface area contributed by atoms with Gasteiger partial charge in [0.05, 0.1) is 31.5 Å². The summed E-state index contributed by atoms with van der Waals surface area (Å²) in [6.45, 7) is 8.68. The predicted octanol–water partition coefficient (Wildman–Crippen LogP) is 2.70. The first-order valence-corrected chi connectivity index (χ1v) is 10.9. The number of pyridine rings is 1. The fraction of sp³-hybridized carbons (Fsp3) is 0.550. The minimum absolute atomic E-state index is 0. The lowest BCUT2D eigenvalue weighted by molar-refractivity contribution is 0.0529. The van der Waals surface area contributed by atoms with Gasteiger partial charge in [-0.15, -0.1) is 35.3 Å². The van der Waals surface area contributed by atoms with Crippen LogP contribution in [0.5, 0.6) is 0 Å². The van der Waals surface area contributed by atoms with Crippen LogP contribution in [0.15, 0.2) is 28.7 Å². The quantitative estimate of drug-likeness (QED) is 0.315. The molecular formula is C20H32IN7OS. The Hall–Kier alpha value is -1.66. The van der Waals surface area contributed by atoms with Crippen molar-refractivity contribution in [2.24, 2.45) is 4.99 Å². The number of morpholine rings is 1. The Morgan fingerprint density at radius 1 is 1.40 bits per heavy atom. The van der Waals surface area contributed by atoms with Crippen LogP contribution in [0.2, 0.25) is 0 Å². The number of hydrogen-bond donors (Lipinski definition) is 2. The van der Waals surface area contributed by atoms with Crippen molar-refractivity contribution in [3.05, 3.63) is 35.0 Å².